The lowest BCUT2D eigenvalue weighted by Gasteiger charge is -1.99. The number of ketones is 2. The first-order valence-corrected chi connectivity index (χ1v) is 3.51. The van der Waals surface area contributed by atoms with Gasteiger partial charge in [-0.2, -0.15) is 0 Å². The van der Waals surface area contributed by atoms with Gasteiger partial charge in [0.1, 0.15) is 11.7 Å². The van der Waals surface area contributed by atoms with Gasteiger partial charge < -0.3 is 5.32 Å². The third-order valence-electron chi connectivity index (χ3n) is 1.74. The highest BCUT2D eigenvalue weighted by molar-refractivity contribution is 6.42. The van der Waals surface area contributed by atoms with Gasteiger partial charge in [0.05, 0.1) is 0 Å². The van der Waals surface area contributed by atoms with Crippen molar-refractivity contribution in [1.82, 2.24) is 5.32 Å². The molecule has 0 aromatic rings. The average molecular weight is 155 g/mol. The molecule has 1 unspecified atom stereocenters. The summed E-state index contributed by atoms with van der Waals surface area (Å²) < 4.78 is 0. The molecule has 1 fully saturated rings. The van der Waals surface area contributed by atoms with Gasteiger partial charge in [0, 0.05) is 13.0 Å². The van der Waals surface area contributed by atoms with E-state index in [4.69, 9.17) is 0 Å². The predicted octanol–water partition coefficient (Wildman–Crippen LogP) is -0.719. The van der Waals surface area contributed by atoms with E-state index in [-0.39, 0.29) is 12.3 Å². The maximum atomic E-state index is 11.0. The van der Waals surface area contributed by atoms with Crippen LogP contribution in [0.25, 0.3) is 0 Å². The normalized spacial score (nSPS) is 23.5. The summed E-state index contributed by atoms with van der Waals surface area (Å²) in [4.78, 5) is 32.4. The zero-order valence-electron chi connectivity index (χ0n) is 6.22. The Morgan fingerprint density at radius 1 is 1.64 bits per heavy atom. The SMILES string of the molecule is CCC(=O)C1CNC(=O)C1=O. The third kappa shape index (κ3) is 1.29. The van der Waals surface area contributed by atoms with Gasteiger partial charge in [-0.25, -0.2) is 0 Å². The molecule has 11 heavy (non-hydrogen) atoms. The second kappa shape index (κ2) is 2.82. The Kier molecular flexibility index (Phi) is 2.03. The second-order valence-electron chi connectivity index (χ2n) is 2.45. The van der Waals surface area contributed by atoms with Crippen LogP contribution in [0.4, 0.5) is 0 Å². The number of nitrogens with one attached hydrogen (secondary N) is 1. The number of carbonyl (C=O) groups excluding carboxylic acids is 3. The molecule has 1 saturated heterocycles. The smallest absolute Gasteiger partial charge is 0.288 e. The summed E-state index contributed by atoms with van der Waals surface area (Å²) >= 11 is 0. The molecule has 0 radical (unpaired) electrons. The average Bonchev–Trinajstić information content (AvgIpc) is 2.32. The van der Waals surface area contributed by atoms with Crippen LogP contribution >= 0.6 is 0 Å². The van der Waals surface area contributed by atoms with E-state index < -0.39 is 17.6 Å². The molecule has 0 spiro atoms. The van der Waals surface area contributed by atoms with E-state index in [1.54, 1.807) is 6.92 Å². The lowest BCUT2D eigenvalue weighted by atomic mass is 10.0. The van der Waals surface area contributed by atoms with Gasteiger partial charge in [0.15, 0.2) is 0 Å². The van der Waals surface area contributed by atoms with E-state index in [2.05, 4.69) is 5.32 Å². The minimum atomic E-state index is -0.715. The molecule has 0 aliphatic carbocycles. The van der Waals surface area contributed by atoms with Crippen molar-refractivity contribution in [2.75, 3.05) is 6.54 Å². The lowest BCUT2D eigenvalue weighted by Crippen LogP contribution is -2.23. The molecule has 0 aromatic heterocycles. The van der Waals surface area contributed by atoms with Crippen molar-refractivity contribution in [3.8, 4) is 0 Å². The highest BCUT2D eigenvalue weighted by Crippen LogP contribution is 2.07. The monoisotopic (exact) mass is 155 g/mol. The number of Topliss-reactive ketones (excluding diaryl/α,β-unsaturated/α-hetero) is 2. The molecule has 1 N–H and O–H groups in total. The van der Waals surface area contributed by atoms with E-state index in [1.807, 2.05) is 0 Å². The van der Waals surface area contributed by atoms with Crippen LogP contribution in [0.3, 0.4) is 0 Å². The number of hydrogen-bond donors (Lipinski definition) is 1. The van der Waals surface area contributed by atoms with Gasteiger partial charge in [-0.3, -0.25) is 14.4 Å². The number of rotatable bonds is 2. The van der Waals surface area contributed by atoms with Gasteiger partial charge in [-0.15, -0.1) is 0 Å². The molecule has 1 amide bonds. The molecule has 4 nitrogen and oxygen atoms in total. The Morgan fingerprint density at radius 3 is 2.64 bits per heavy atom. The summed E-state index contributed by atoms with van der Waals surface area (Å²) in [6.45, 7) is 1.86. The summed E-state index contributed by atoms with van der Waals surface area (Å²) in [5.41, 5.74) is 0. The maximum absolute atomic E-state index is 11.0. The summed E-state index contributed by atoms with van der Waals surface area (Å²) in [6, 6.07) is 0. The highest BCUT2D eigenvalue weighted by Gasteiger charge is 2.36. The second-order valence-corrected chi connectivity index (χ2v) is 2.45. The predicted molar refractivity (Wildman–Crippen MR) is 36.8 cm³/mol. The topological polar surface area (TPSA) is 63.2 Å². The molecular formula is C7H9NO3. The Bertz CT molecular complexity index is 222. The highest BCUT2D eigenvalue weighted by atomic mass is 16.2. The molecule has 1 heterocycles. The molecule has 0 aromatic carbocycles. The lowest BCUT2D eigenvalue weighted by molar-refractivity contribution is -0.139. The van der Waals surface area contributed by atoms with Crippen molar-refractivity contribution in [3.63, 3.8) is 0 Å². The van der Waals surface area contributed by atoms with Crippen LogP contribution in [0.15, 0.2) is 0 Å². The van der Waals surface area contributed by atoms with E-state index in [0.29, 0.717) is 6.42 Å². The molecule has 1 aliphatic rings. The van der Waals surface area contributed by atoms with Crippen LogP contribution in [0.2, 0.25) is 0 Å². The van der Waals surface area contributed by atoms with Crippen molar-refractivity contribution in [2.45, 2.75) is 13.3 Å². The Hall–Kier alpha value is -1.19. The summed E-state index contributed by atoms with van der Waals surface area (Å²) in [5, 5.41) is 2.33. The zero-order valence-corrected chi connectivity index (χ0v) is 6.22. The fourth-order valence-corrected chi connectivity index (χ4v) is 1.04. The van der Waals surface area contributed by atoms with E-state index >= 15 is 0 Å². The van der Waals surface area contributed by atoms with E-state index in [1.165, 1.54) is 0 Å². The summed E-state index contributed by atoms with van der Waals surface area (Å²) in [7, 11) is 0. The molecular weight excluding hydrogens is 146 g/mol. The largest absolute Gasteiger partial charge is 0.348 e. The molecule has 1 aliphatic heterocycles. The van der Waals surface area contributed by atoms with Crippen molar-refractivity contribution in [3.05, 3.63) is 0 Å². The third-order valence-corrected chi connectivity index (χ3v) is 1.74. The summed E-state index contributed by atoms with van der Waals surface area (Å²) in [6.07, 6.45) is 0.311. The Morgan fingerprint density at radius 2 is 2.27 bits per heavy atom. The van der Waals surface area contributed by atoms with Crippen LogP contribution < -0.4 is 5.32 Å². The minimum Gasteiger partial charge on any atom is -0.348 e. The zero-order chi connectivity index (χ0) is 8.43. The quantitative estimate of drug-likeness (QED) is 0.423. The number of carbonyl (C=O) groups is 3. The van der Waals surface area contributed by atoms with Crippen LogP contribution in [0.1, 0.15) is 13.3 Å². The van der Waals surface area contributed by atoms with E-state index in [9.17, 15) is 14.4 Å². The van der Waals surface area contributed by atoms with Crippen LogP contribution in [-0.2, 0) is 14.4 Å². The standard InChI is InChI=1S/C7H9NO3/c1-2-5(9)4-3-8-7(11)6(4)10/h4H,2-3H2,1H3,(H,8,11). The molecule has 4 heteroatoms. The minimum absolute atomic E-state index is 0.159. The fourth-order valence-electron chi connectivity index (χ4n) is 1.04. The Labute approximate surface area is 64.0 Å². The molecule has 60 valence electrons. The van der Waals surface area contributed by atoms with Crippen LogP contribution in [0.5, 0.6) is 0 Å². The number of hydrogen-bond acceptors (Lipinski definition) is 3. The van der Waals surface area contributed by atoms with Crippen molar-refractivity contribution < 1.29 is 14.4 Å². The van der Waals surface area contributed by atoms with Gasteiger partial charge in [-0.05, 0) is 0 Å². The fraction of sp³-hybridized carbons (Fsp3) is 0.571. The van der Waals surface area contributed by atoms with Crippen molar-refractivity contribution in [2.24, 2.45) is 5.92 Å². The van der Waals surface area contributed by atoms with Crippen molar-refractivity contribution in [1.29, 1.82) is 0 Å². The van der Waals surface area contributed by atoms with Crippen molar-refractivity contribution >= 4 is 17.5 Å². The van der Waals surface area contributed by atoms with E-state index in [0.717, 1.165) is 0 Å². The first-order chi connectivity index (χ1) is 5.16. The molecule has 1 rings (SSSR count). The molecule has 0 bridgehead atoms. The number of amides is 1. The van der Waals surface area contributed by atoms with Gasteiger partial charge in [-0.1, -0.05) is 6.92 Å². The van der Waals surface area contributed by atoms with Gasteiger partial charge >= 0.3 is 0 Å². The van der Waals surface area contributed by atoms with Crippen LogP contribution in [0, 0.1) is 5.92 Å². The molecule has 0 saturated carbocycles. The first kappa shape index (κ1) is 7.91. The summed E-state index contributed by atoms with van der Waals surface area (Å²) in [5.74, 6) is -2.09. The molecule has 1 atom stereocenters. The van der Waals surface area contributed by atoms with Crippen LogP contribution in [-0.4, -0.2) is 24.0 Å². The van der Waals surface area contributed by atoms with Gasteiger partial charge in [0.25, 0.3) is 5.91 Å². The maximum Gasteiger partial charge on any atom is 0.288 e. The Balaban J connectivity index is 2.69. The van der Waals surface area contributed by atoms with Gasteiger partial charge in [0.2, 0.25) is 5.78 Å². The first-order valence-electron chi connectivity index (χ1n) is 3.51.